The first-order valence-electron chi connectivity index (χ1n) is 6.00. The molecule has 1 fully saturated rings. The summed E-state index contributed by atoms with van der Waals surface area (Å²) in [5.41, 5.74) is 6.95. The van der Waals surface area contributed by atoms with E-state index in [1.54, 1.807) is 19.2 Å². The minimum atomic E-state index is -0.215. The van der Waals surface area contributed by atoms with Gasteiger partial charge in [-0.05, 0) is 25.0 Å². The van der Waals surface area contributed by atoms with Crippen molar-refractivity contribution in [1.82, 2.24) is 0 Å². The number of nitrogens with two attached hydrogens (primary N) is 1. The van der Waals surface area contributed by atoms with Gasteiger partial charge >= 0.3 is 0 Å². The van der Waals surface area contributed by atoms with Crippen LogP contribution in [0.2, 0.25) is 0 Å². The molecule has 0 aromatic heterocycles. The van der Waals surface area contributed by atoms with Crippen molar-refractivity contribution in [1.29, 1.82) is 0 Å². The Labute approximate surface area is 101 Å². The monoisotopic (exact) mass is 238 g/mol. The molecule has 0 radical (unpaired) electrons. The van der Waals surface area contributed by atoms with Gasteiger partial charge in [-0.25, -0.2) is 4.39 Å². The SMILES string of the molecule is COCCN(c1ccc(CN)c(F)c1)C1CC1. The third-order valence-corrected chi connectivity index (χ3v) is 3.11. The van der Waals surface area contributed by atoms with Crippen molar-refractivity contribution in [2.75, 3.05) is 25.2 Å². The maximum Gasteiger partial charge on any atom is 0.129 e. The summed E-state index contributed by atoms with van der Waals surface area (Å²) in [4.78, 5) is 2.22. The van der Waals surface area contributed by atoms with Crippen molar-refractivity contribution in [3.05, 3.63) is 29.6 Å². The fourth-order valence-corrected chi connectivity index (χ4v) is 1.98. The highest BCUT2D eigenvalue weighted by atomic mass is 19.1. The molecule has 0 amide bonds. The first-order valence-corrected chi connectivity index (χ1v) is 6.00. The summed E-state index contributed by atoms with van der Waals surface area (Å²) >= 11 is 0. The molecule has 2 N–H and O–H groups in total. The Hall–Kier alpha value is -1.13. The molecule has 17 heavy (non-hydrogen) atoms. The number of ether oxygens (including phenoxy) is 1. The molecule has 0 spiro atoms. The lowest BCUT2D eigenvalue weighted by molar-refractivity contribution is 0.205. The van der Waals surface area contributed by atoms with Crippen molar-refractivity contribution in [3.63, 3.8) is 0 Å². The fraction of sp³-hybridized carbons (Fsp3) is 0.538. The highest BCUT2D eigenvalue weighted by Gasteiger charge is 2.29. The smallest absolute Gasteiger partial charge is 0.129 e. The number of anilines is 1. The summed E-state index contributed by atoms with van der Waals surface area (Å²) in [6, 6.07) is 5.84. The topological polar surface area (TPSA) is 38.5 Å². The average Bonchev–Trinajstić information content (AvgIpc) is 3.14. The lowest BCUT2D eigenvalue weighted by Crippen LogP contribution is -2.29. The molecule has 1 aliphatic rings. The van der Waals surface area contributed by atoms with Gasteiger partial charge in [0.2, 0.25) is 0 Å². The summed E-state index contributed by atoms with van der Waals surface area (Å²) in [6.07, 6.45) is 2.37. The van der Waals surface area contributed by atoms with Crippen molar-refractivity contribution in [3.8, 4) is 0 Å². The van der Waals surface area contributed by atoms with Gasteiger partial charge in [0.1, 0.15) is 5.82 Å². The van der Waals surface area contributed by atoms with E-state index < -0.39 is 0 Å². The second-order valence-corrected chi connectivity index (χ2v) is 4.40. The van der Waals surface area contributed by atoms with Crippen LogP contribution in [0.15, 0.2) is 18.2 Å². The highest BCUT2D eigenvalue weighted by Crippen LogP contribution is 2.32. The van der Waals surface area contributed by atoms with Crippen molar-refractivity contribution in [2.45, 2.75) is 25.4 Å². The predicted octanol–water partition coefficient (Wildman–Crippen LogP) is 1.90. The van der Waals surface area contributed by atoms with Crippen LogP contribution in [0.4, 0.5) is 10.1 Å². The van der Waals surface area contributed by atoms with Crippen LogP contribution in [-0.4, -0.2) is 26.3 Å². The van der Waals surface area contributed by atoms with E-state index in [9.17, 15) is 4.39 Å². The standard InChI is InChI=1S/C13H19FN2O/c1-17-7-6-16(11-4-5-11)12-3-2-10(9-15)13(14)8-12/h2-3,8,11H,4-7,9,15H2,1H3. The molecule has 94 valence electrons. The zero-order valence-electron chi connectivity index (χ0n) is 10.2. The van der Waals surface area contributed by atoms with Crippen LogP contribution < -0.4 is 10.6 Å². The third kappa shape index (κ3) is 2.96. The van der Waals surface area contributed by atoms with Gasteiger partial charge in [-0.1, -0.05) is 6.07 Å². The van der Waals surface area contributed by atoms with E-state index >= 15 is 0 Å². The molecule has 3 nitrogen and oxygen atoms in total. The van der Waals surface area contributed by atoms with Crippen molar-refractivity contribution >= 4 is 5.69 Å². The van der Waals surface area contributed by atoms with E-state index in [-0.39, 0.29) is 12.4 Å². The highest BCUT2D eigenvalue weighted by molar-refractivity contribution is 5.50. The molecule has 0 heterocycles. The lowest BCUT2D eigenvalue weighted by atomic mass is 10.1. The second-order valence-electron chi connectivity index (χ2n) is 4.40. The van der Waals surface area contributed by atoms with Crippen LogP contribution in [0.3, 0.4) is 0 Å². The molecule has 1 saturated carbocycles. The predicted molar refractivity (Wildman–Crippen MR) is 66.5 cm³/mol. The molecule has 0 atom stereocenters. The molecule has 1 aromatic carbocycles. The molecule has 4 heteroatoms. The summed E-state index contributed by atoms with van der Waals surface area (Å²) in [5, 5.41) is 0. The zero-order chi connectivity index (χ0) is 12.3. The number of hydrogen-bond donors (Lipinski definition) is 1. The van der Waals surface area contributed by atoms with Crippen LogP contribution >= 0.6 is 0 Å². The van der Waals surface area contributed by atoms with Gasteiger partial charge in [0.15, 0.2) is 0 Å². The number of halogens is 1. The Kier molecular flexibility index (Phi) is 3.97. The number of methoxy groups -OCH3 is 1. The normalized spacial score (nSPS) is 15.0. The van der Waals surface area contributed by atoms with Crippen LogP contribution in [0.1, 0.15) is 18.4 Å². The molecule has 0 unspecified atom stereocenters. The van der Waals surface area contributed by atoms with Crippen LogP contribution in [-0.2, 0) is 11.3 Å². The van der Waals surface area contributed by atoms with E-state index in [0.717, 1.165) is 12.2 Å². The Balaban J connectivity index is 2.14. The summed E-state index contributed by atoms with van der Waals surface area (Å²) < 4.78 is 18.8. The Morgan fingerprint density at radius 3 is 2.76 bits per heavy atom. The maximum atomic E-state index is 13.7. The molecular formula is C13H19FN2O. The Bertz CT molecular complexity index is 380. The maximum absolute atomic E-state index is 13.7. The first kappa shape index (κ1) is 12.3. The number of hydrogen-bond acceptors (Lipinski definition) is 3. The van der Waals surface area contributed by atoms with Crippen LogP contribution in [0.5, 0.6) is 0 Å². The van der Waals surface area contributed by atoms with E-state index in [1.807, 2.05) is 6.07 Å². The van der Waals surface area contributed by atoms with Gasteiger partial charge in [0.05, 0.1) is 6.61 Å². The van der Waals surface area contributed by atoms with Gasteiger partial charge in [0.25, 0.3) is 0 Å². The van der Waals surface area contributed by atoms with Crippen LogP contribution in [0, 0.1) is 5.82 Å². The number of benzene rings is 1. The molecule has 0 saturated heterocycles. The van der Waals surface area contributed by atoms with Crippen molar-refractivity contribution in [2.24, 2.45) is 5.73 Å². The number of nitrogens with zero attached hydrogens (tertiary/aromatic N) is 1. The Morgan fingerprint density at radius 2 is 2.24 bits per heavy atom. The molecule has 0 bridgehead atoms. The molecule has 2 rings (SSSR count). The Morgan fingerprint density at radius 1 is 1.47 bits per heavy atom. The quantitative estimate of drug-likeness (QED) is 0.822. The van der Waals surface area contributed by atoms with Gasteiger partial charge in [0, 0.05) is 37.5 Å². The van der Waals surface area contributed by atoms with Gasteiger partial charge in [-0.3, -0.25) is 0 Å². The van der Waals surface area contributed by atoms with E-state index in [0.29, 0.717) is 18.2 Å². The van der Waals surface area contributed by atoms with E-state index in [1.165, 1.54) is 12.8 Å². The number of rotatable bonds is 6. The van der Waals surface area contributed by atoms with Crippen molar-refractivity contribution < 1.29 is 9.13 Å². The van der Waals surface area contributed by atoms with Gasteiger partial charge < -0.3 is 15.4 Å². The fourth-order valence-electron chi connectivity index (χ4n) is 1.98. The molecule has 1 aromatic rings. The van der Waals surface area contributed by atoms with Crippen LogP contribution in [0.25, 0.3) is 0 Å². The second kappa shape index (κ2) is 5.47. The molecule has 1 aliphatic carbocycles. The molecular weight excluding hydrogens is 219 g/mol. The summed E-state index contributed by atoms with van der Waals surface area (Å²) in [5.74, 6) is -0.215. The summed E-state index contributed by atoms with van der Waals surface area (Å²) in [6.45, 7) is 1.72. The summed E-state index contributed by atoms with van der Waals surface area (Å²) in [7, 11) is 1.68. The molecule has 0 aliphatic heterocycles. The lowest BCUT2D eigenvalue weighted by Gasteiger charge is -2.24. The largest absolute Gasteiger partial charge is 0.383 e. The minimum Gasteiger partial charge on any atom is -0.383 e. The van der Waals surface area contributed by atoms with E-state index in [4.69, 9.17) is 10.5 Å². The average molecular weight is 238 g/mol. The zero-order valence-corrected chi connectivity index (χ0v) is 10.2. The first-order chi connectivity index (χ1) is 8.26. The van der Waals surface area contributed by atoms with Gasteiger partial charge in [-0.2, -0.15) is 0 Å². The third-order valence-electron chi connectivity index (χ3n) is 3.11. The van der Waals surface area contributed by atoms with Gasteiger partial charge in [-0.15, -0.1) is 0 Å². The minimum absolute atomic E-state index is 0.215. The van der Waals surface area contributed by atoms with E-state index in [2.05, 4.69) is 4.90 Å².